The quantitative estimate of drug-likeness (QED) is 0.422. The summed E-state index contributed by atoms with van der Waals surface area (Å²) in [6.07, 6.45) is 0. The average Bonchev–Trinajstić information content (AvgIpc) is 2.74. The number of aryl methyl sites for hydroxylation is 1. The van der Waals surface area contributed by atoms with Gasteiger partial charge in [-0.05, 0) is 65.9 Å². The van der Waals surface area contributed by atoms with Crippen LogP contribution in [0.3, 0.4) is 0 Å². The van der Waals surface area contributed by atoms with Crippen molar-refractivity contribution in [3.63, 3.8) is 0 Å². The van der Waals surface area contributed by atoms with Crippen LogP contribution in [-0.2, 0) is 15.8 Å². The molecule has 30 heavy (non-hydrogen) atoms. The fraction of sp³-hybridized carbons (Fsp3) is 0.250. The molecule has 0 heterocycles. The molecule has 0 aliphatic heterocycles. The van der Waals surface area contributed by atoms with Gasteiger partial charge < -0.3 is 4.74 Å². The molecule has 0 aromatic heterocycles. The summed E-state index contributed by atoms with van der Waals surface area (Å²) in [5.74, 6) is 1.67. The predicted molar refractivity (Wildman–Crippen MR) is 125 cm³/mol. The molecule has 0 aliphatic rings. The summed E-state index contributed by atoms with van der Waals surface area (Å²) in [6, 6.07) is 21.0. The van der Waals surface area contributed by atoms with E-state index in [-0.39, 0.29) is 10.8 Å². The van der Waals surface area contributed by atoms with Crippen LogP contribution in [0, 0.1) is 6.92 Å². The van der Waals surface area contributed by atoms with Crippen molar-refractivity contribution in [2.75, 3.05) is 11.8 Å². The Morgan fingerprint density at radius 3 is 2.37 bits per heavy atom. The van der Waals surface area contributed by atoms with Crippen molar-refractivity contribution in [3.8, 4) is 5.75 Å². The molecule has 0 amide bonds. The Kier molecular flexibility index (Phi) is 7.10. The highest BCUT2D eigenvalue weighted by molar-refractivity contribution is 7.98. The lowest BCUT2D eigenvalue weighted by atomic mass is 10.0. The summed E-state index contributed by atoms with van der Waals surface area (Å²) in [6.45, 7) is 5.94. The van der Waals surface area contributed by atoms with Gasteiger partial charge in [0.1, 0.15) is 5.75 Å². The predicted octanol–water partition coefficient (Wildman–Crippen LogP) is 6.22. The average molecular weight is 442 g/mol. The van der Waals surface area contributed by atoms with E-state index in [0.717, 1.165) is 22.4 Å². The van der Waals surface area contributed by atoms with Gasteiger partial charge in [0.05, 0.1) is 17.7 Å². The number of hydrogen-bond acceptors (Lipinski definition) is 4. The summed E-state index contributed by atoms with van der Waals surface area (Å²) in [7, 11) is -2.10. The van der Waals surface area contributed by atoms with Gasteiger partial charge >= 0.3 is 0 Å². The third-order valence-corrected chi connectivity index (χ3v) is 7.26. The number of nitrogens with one attached hydrogen (secondary N) is 1. The van der Waals surface area contributed by atoms with Crippen molar-refractivity contribution in [1.82, 2.24) is 0 Å². The molecule has 0 fully saturated rings. The van der Waals surface area contributed by atoms with Crippen LogP contribution in [0.5, 0.6) is 5.75 Å². The highest BCUT2D eigenvalue weighted by Crippen LogP contribution is 2.30. The Morgan fingerprint density at radius 1 is 1.00 bits per heavy atom. The Labute approximate surface area is 183 Å². The van der Waals surface area contributed by atoms with E-state index in [4.69, 9.17) is 4.74 Å². The Balaban J connectivity index is 1.77. The fourth-order valence-electron chi connectivity index (χ4n) is 3.15. The Hall–Kier alpha value is -2.44. The van der Waals surface area contributed by atoms with E-state index in [2.05, 4.69) is 16.9 Å². The molecule has 1 N–H and O–H groups in total. The number of thioether (sulfide) groups is 1. The number of rotatable bonds is 8. The standard InChI is InChI=1S/C24H27NO3S2/c1-17(2)22-15-21(11-13-24(22)28-4)30(26,27)25-23-12-10-19(14-18(23)3)16-29-20-8-6-5-7-9-20/h5-15,17,25H,16H2,1-4H3. The SMILES string of the molecule is COc1ccc(S(=O)(=O)Nc2ccc(CSc3ccccc3)cc2C)cc1C(C)C. The first-order valence-electron chi connectivity index (χ1n) is 9.78. The molecule has 158 valence electrons. The van der Waals surface area contributed by atoms with Gasteiger partial charge in [0, 0.05) is 10.6 Å². The summed E-state index contributed by atoms with van der Waals surface area (Å²) >= 11 is 1.76. The summed E-state index contributed by atoms with van der Waals surface area (Å²) in [5, 5.41) is 0. The van der Waals surface area contributed by atoms with Crippen LogP contribution in [-0.4, -0.2) is 15.5 Å². The molecule has 3 aromatic carbocycles. The number of hydrogen-bond donors (Lipinski definition) is 1. The molecule has 0 unspecified atom stereocenters. The first-order valence-corrected chi connectivity index (χ1v) is 12.2. The van der Waals surface area contributed by atoms with Crippen molar-refractivity contribution >= 4 is 27.5 Å². The van der Waals surface area contributed by atoms with E-state index in [1.165, 1.54) is 4.90 Å². The van der Waals surface area contributed by atoms with Crippen molar-refractivity contribution in [2.24, 2.45) is 0 Å². The fourth-order valence-corrected chi connectivity index (χ4v) is 5.18. The molecule has 0 aliphatic carbocycles. The molecular weight excluding hydrogens is 414 g/mol. The first-order chi connectivity index (χ1) is 14.3. The lowest BCUT2D eigenvalue weighted by molar-refractivity contribution is 0.407. The van der Waals surface area contributed by atoms with Gasteiger partial charge in [-0.25, -0.2) is 8.42 Å². The van der Waals surface area contributed by atoms with Crippen LogP contribution in [0.1, 0.15) is 36.5 Å². The molecule has 3 rings (SSSR count). The molecule has 6 heteroatoms. The van der Waals surface area contributed by atoms with Gasteiger partial charge in [0.2, 0.25) is 0 Å². The van der Waals surface area contributed by atoms with E-state index >= 15 is 0 Å². The Bertz CT molecular complexity index is 1110. The van der Waals surface area contributed by atoms with E-state index in [0.29, 0.717) is 11.4 Å². The van der Waals surface area contributed by atoms with Crippen LogP contribution in [0.4, 0.5) is 5.69 Å². The van der Waals surface area contributed by atoms with Gasteiger partial charge in [-0.1, -0.05) is 44.2 Å². The van der Waals surface area contributed by atoms with Crippen LogP contribution < -0.4 is 9.46 Å². The summed E-state index contributed by atoms with van der Waals surface area (Å²) < 4.78 is 34.0. The van der Waals surface area contributed by atoms with Crippen molar-refractivity contribution < 1.29 is 13.2 Å². The minimum absolute atomic E-state index is 0.151. The maximum atomic E-state index is 13.0. The molecule has 0 spiro atoms. The topological polar surface area (TPSA) is 55.4 Å². The molecule has 3 aromatic rings. The second-order valence-electron chi connectivity index (χ2n) is 7.41. The molecule has 0 saturated carbocycles. The lowest BCUT2D eigenvalue weighted by Gasteiger charge is -2.15. The molecule has 0 bridgehead atoms. The minimum atomic E-state index is -3.70. The van der Waals surface area contributed by atoms with E-state index in [1.807, 2.05) is 57.2 Å². The van der Waals surface area contributed by atoms with Crippen LogP contribution in [0.25, 0.3) is 0 Å². The second-order valence-corrected chi connectivity index (χ2v) is 10.1. The van der Waals surface area contributed by atoms with Crippen molar-refractivity contribution in [2.45, 2.75) is 42.2 Å². The molecule has 0 radical (unpaired) electrons. The van der Waals surface area contributed by atoms with Gasteiger partial charge in [-0.15, -0.1) is 11.8 Å². The van der Waals surface area contributed by atoms with Crippen molar-refractivity contribution in [1.29, 1.82) is 0 Å². The normalized spacial score (nSPS) is 11.5. The van der Waals surface area contributed by atoms with Crippen LogP contribution in [0.2, 0.25) is 0 Å². The van der Waals surface area contributed by atoms with Gasteiger partial charge in [-0.2, -0.15) is 0 Å². The largest absolute Gasteiger partial charge is 0.496 e. The highest BCUT2D eigenvalue weighted by atomic mass is 32.2. The van der Waals surface area contributed by atoms with E-state index in [1.54, 1.807) is 37.1 Å². The third kappa shape index (κ3) is 5.37. The monoisotopic (exact) mass is 441 g/mol. The van der Waals surface area contributed by atoms with Gasteiger partial charge in [0.25, 0.3) is 10.0 Å². The molecule has 0 saturated heterocycles. The van der Waals surface area contributed by atoms with Crippen LogP contribution in [0.15, 0.2) is 76.5 Å². The first kappa shape index (κ1) is 22.2. The van der Waals surface area contributed by atoms with Gasteiger partial charge in [-0.3, -0.25) is 4.72 Å². The third-order valence-electron chi connectivity index (χ3n) is 4.82. The number of methoxy groups -OCH3 is 1. The number of anilines is 1. The maximum absolute atomic E-state index is 13.0. The molecule has 0 atom stereocenters. The number of sulfonamides is 1. The number of ether oxygens (including phenoxy) is 1. The highest BCUT2D eigenvalue weighted by Gasteiger charge is 2.19. The maximum Gasteiger partial charge on any atom is 0.261 e. The lowest BCUT2D eigenvalue weighted by Crippen LogP contribution is -2.14. The van der Waals surface area contributed by atoms with Gasteiger partial charge in [0.15, 0.2) is 0 Å². The zero-order valence-electron chi connectivity index (χ0n) is 17.7. The zero-order valence-corrected chi connectivity index (χ0v) is 19.3. The smallest absolute Gasteiger partial charge is 0.261 e. The molecular formula is C24H27NO3S2. The molecule has 4 nitrogen and oxygen atoms in total. The van der Waals surface area contributed by atoms with E-state index < -0.39 is 10.0 Å². The Morgan fingerprint density at radius 2 is 1.73 bits per heavy atom. The van der Waals surface area contributed by atoms with Crippen LogP contribution >= 0.6 is 11.8 Å². The number of benzene rings is 3. The summed E-state index contributed by atoms with van der Waals surface area (Å²) in [5.41, 5.74) is 3.49. The zero-order chi connectivity index (χ0) is 21.7. The van der Waals surface area contributed by atoms with E-state index in [9.17, 15) is 8.42 Å². The van der Waals surface area contributed by atoms with Crippen molar-refractivity contribution in [3.05, 3.63) is 83.4 Å². The second kappa shape index (κ2) is 9.58. The minimum Gasteiger partial charge on any atom is -0.496 e. The summed E-state index contributed by atoms with van der Waals surface area (Å²) in [4.78, 5) is 1.44.